The molecular formula is C14H15N5O. The third-order valence-electron chi connectivity index (χ3n) is 2.70. The predicted octanol–water partition coefficient (Wildman–Crippen LogP) is 0.606. The normalized spacial score (nSPS) is 11.3. The molecule has 0 saturated heterocycles. The van der Waals surface area contributed by atoms with Gasteiger partial charge < -0.3 is 11.1 Å². The Morgan fingerprint density at radius 2 is 2.35 bits per heavy atom. The van der Waals surface area contributed by atoms with E-state index in [1.807, 2.05) is 6.92 Å². The number of nitrogens with one attached hydrogen (secondary N) is 2. The Morgan fingerprint density at radius 3 is 3.05 bits per heavy atom. The molecular weight excluding hydrogens is 254 g/mol. The number of hydrogen-bond acceptors (Lipinski definition) is 4. The molecule has 1 atom stereocenters. The van der Waals surface area contributed by atoms with Crippen LogP contribution >= 0.6 is 0 Å². The summed E-state index contributed by atoms with van der Waals surface area (Å²) in [4.78, 5) is 16.1. The van der Waals surface area contributed by atoms with E-state index in [0.29, 0.717) is 11.1 Å². The largest absolute Gasteiger partial charge is 0.345 e. The van der Waals surface area contributed by atoms with Crippen LogP contribution in [0.15, 0.2) is 30.9 Å². The third-order valence-corrected chi connectivity index (χ3v) is 2.70. The zero-order valence-electron chi connectivity index (χ0n) is 11.1. The predicted molar refractivity (Wildman–Crippen MR) is 74.6 cm³/mol. The van der Waals surface area contributed by atoms with Crippen LogP contribution < -0.4 is 11.1 Å². The van der Waals surface area contributed by atoms with Crippen LogP contribution in [0.3, 0.4) is 0 Å². The summed E-state index contributed by atoms with van der Waals surface area (Å²) < 4.78 is 0. The van der Waals surface area contributed by atoms with Crippen LogP contribution in [-0.2, 0) is 0 Å². The van der Waals surface area contributed by atoms with Crippen molar-refractivity contribution < 1.29 is 4.79 Å². The van der Waals surface area contributed by atoms with Gasteiger partial charge in [0.2, 0.25) is 0 Å². The van der Waals surface area contributed by atoms with E-state index >= 15 is 0 Å². The van der Waals surface area contributed by atoms with E-state index in [1.54, 1.807) is 24.7 Å². The van der Waals surface area contributed by atoms with Crippen molar-refractivity contribution in [2.45, 2.75) is 13.0 Å². The molecule has 0 aliphatic carbocycles. The Balaban J connectivity index is 2.09. The van der Waals surface area contributed by atoms with Gasteiger partial charge in [0.25, 0.3) is 5.91 Å². The van der Waals surface area contributed by atoms with Crippen molar-refractivity contribution in [2.75, 3.05) is 6.54 Å². The minimum Gasteiger partial charge on any atom is -0.345 e. The highest BCUT2D eigenvalue weighted by atomic mass is 16.1. The highest BCUT2D eigenvalue weighted by Crippen LogP contribution is 2.10. The molecule has 0 saturated carbocycles. The molecule has 2 aromatic rings. The molecule has 2 aromatic heterocycles. The van der Waals surface area contributed by atoms with Crippen molar-refractivity contribution in [1.82, 2.24) is 20.5 Å². The fourth-order valence-electron chi connectivity index (χ4n) is 1.65. The van der Waals surface area contributed by atoms with Crippen molar-refractivity contribution in [3.63, 3.8) is 0 Å². The molecule has 0 spiro atoms. The van der Waals surface area contributed by atoms with Gasteiger partial charge in [0.15, 0.2) is 0 Å². The van der Waals surface area contributed by atoms with Crippen molar-refractivity contribution in [3.05, 3.63) is 47.5 Å². The molecule has 20 heavy (non-hydrogen) atoms. The minimum absolute atomic E-state index is 0.139. The molecule has 102 valence electrons. The van der Waals surface area contributed by atoms with E-state index in [0.717, 1.165) is 5.56 Å². The zero-order valence-corrected chi connectivity index (χ0v) is 11.1. The maximum absolute atomic E-state index is 12.1. The quantitative estimate of drug-likeness (QED) is 0.711. The van der Waals surface area contributed by atoms with Gasteiger partial charge in [-0.25, -0.2) is 0 Å². The molecule has 0 aromatic carbocycles. The van der Waals surface area contributed by atoms with Gasteiger partial charge in [-0.15, -0.1) is 0 Å². The van der Waals surface area contributed by atoms with Crippen LogP contribution in [0.1, 0.15) is 34.5 Å². The van der Waals surface area contributed by atoms with Gasteiger partial charge >= 0.3 is 0 Å². The maximum atomic E-state index is 12.1. The van der Waals surface area contributed by atoms with Gasteiger partial charge in [0.1, 0.15) is 0 Å². The lowest BCUT2D eigenvalue weighted by Gasteiger charge is -2.11. The lowest BCUT2D eigenvalue weighted by molar-refractivity contribution is 0.0939. The number of aromatic nitrogens is 3. The highest BCUT2D eigenvalue weighted by molar-refractivity contribution is 5.94. The van der Waals surface area contributed by atoms with E-state index in [2.05, 4.69) is 32.3 Å². The number of amides is 1. The molecule has 1 amide bonds. The molecule has 2 rings (SSSR count). The molecule has 0 fully saturated rings. The van der Waals surface area contributed by atoms with Crippen LogP contribution in [0, 0.1) is 11.8 Å². The Bertz CT molecular complexity index is 639. The smallest absolute Gasteiger partial charge is 0.253 e. The molecule has 0 aliphatic rings. The van der Waals surface area contributed by atoms with Crippen molar-refractivity contribution >= 4 is 5.91 Å². The third kappa shape index (κ3) is 3.43. The number of carbonyl (C=O) groups is 1. The first-order valence-electron chi connectivity index (χ1n) is 6.14. The van der Waals surface area contributed by atoms with Gasteiger partial charge in [-0.2, -0.15) is 5.10 Å². The lowest BCUT2D eigenvalue weighted by atomic mass is 10.1. The first kappa shape index (κ1) is 13.8. The summed E-state index contributed by atoms with van der Waals surface area (Å²) in [7, 11) is 0. The summed E-state index contributed by atoms with van der Waals surface area (Å²) in [5.41, 5.74) is 7.35. The fourth-order valence-corrected chi connectivity index (χ4v) is 1.65. The molecule has 6 heteroatoms. The Hall–Kier alpha value is -2.65. The standard InChI is InChI=1S/C14H15N5O/c1-10(13-8-17-18-9-13)19-14(20)12-5-11(3-2-4-15)6-16-7-12/h5-10H,4,15H2,1H3,(H,17,18)(H,19,20). The summed E-state index contributed by atoms with van der Waals surface area (Å²) in [6.07, 6.45) is 6.52. The van der Waals surface area contributed by atoms with E-state index in [9.17, 15) is 4.79 Å². The van der Waals surface area contributed by atoms with Crippen LogP contribution in [0.5, 0.6) is 0 Å². The average Bonchev–Trinajstić information content (AvgIpc) is 2.99. The number of aromatic amines is 1. The molecule has 2 heterocycles. The van der Waals surface area contributed by atoms with Gasteiger partial charge in [-0.3, -0.25) is 14.9 Å². The van der Waals surface area contributed by atoms with Crippen LogP contribution in [0.25, 0.3) is 0 Å². The van der Waals surface area contributed by atoms with Crippen LogP contribution in [-0.4, -0.2) is 27.6 Å². The van der Waals surface area contributed by atoms with E-state index in [-0.39, 0.29) is 18.5 Å². The second-order valence-electron chi connectivity index (χ2n) is 4.19. The second kappa shape index (κ2) is 6.50. The summed E-state index contributed by atoms with van der Waals surface area (Å²) >= 11 is 0. The maximum Gasteiger partial charge on any atom is 0.253 e. The summed E-state index contributed by atoms with van der Waals surface area (Å²) in [5.74, 6) is 5.37. The van der Waals surface area contributed by atoms with E-state index in [1.165, 1.54) is 6.20 Å². The van der Waals surface area contributed by atoms with Crippen LogP contribution in [0.2, 0.25) is 0 Å². The highest BCUT2D eigenvalue weighted by Gasteiger charge is 2.12. The fraction of sp³-hybridized carbons (Fsp3) is 0.214. The van der Waals surface area contributed by atoms with Gasteiger partial charge in [0.05, 0.1) is 24.3 Å². The van der Waals surface area contributed by atoms with E-state index < -0.39 is 0 Å². The lowest BCUT2D eigenvalue weighted by Crippen LogP contribution is -2.26. The number of H-pyrrole nitrogens is 1. The first-order chi connectivity index (χ1) is 9.70. The summed E-state index contributed by atoms with van der Waals surface area (Å²) in [6.45, 7) is 2.15. The SMILES string of the molecule is CC(NC(=O)c1cncc(C#CCN)c1)c1cn[nH]c1. The second-order valence-corrected chi connectivity index (χ2v) is 4.19. The average molecular weight is 269 g/mol. The van der Waals surface area contributed by atoms with Crippen molar-refractivity contribution in [2.24, 2.45) is 5.73 Å². The molecule has 0 aliphatic heterocycles. The number of nitrogens with zero attached hydrogens (tertiary/aromatic N) is 2. The first-order valence-corrected chi connectivity index (χ1v) is 6.14. The zero-order chi connectivity index (χ0) is 14.4. The van der Waals surface area contributed by atoms with E-state index in [4.69, 9.17) is 5.73 Å². The van der Waals surface area contributed by atoms with Crippen molar-refractivity contribution in [1.29, 1.82) is 0 Å². The Labute approximate surface area is 116 Å². The number of nitrogens with two attached hydrogens (primary N) is 1. The molecule has 0 bridgehead atoms. The summed E-state index contributed by atoms with van der Waals surface area (Å²) in [6, 6.07) is 1.55. The number of pyridine rings is 1. The number of rotatable bonds is 3. The Morgan fingerprint density at radius 1 is 1.50 bits per heavy atom. The monoisotopic (exact) mass is 269 g/mol. The Kier molecular flexibility index (Phi) is 4.47. The molecule has 0 radical (unpaired) electrons. The van der Waals surface area contributed by atoms with Crippen LogP contribution in [0.4, 0.5) is 0 Å². The number of carbonyl (C=O) groups excluding carboxylic acids is 1. The van der Waals surface area contributed by atoms with Gasteiger partial charge in [-0.1, -0.05) is 11.8 Å². The molecule has 4 N–H and O–H groups in total. The van der Waals surface area contributed by atoms with Gasteiger partial charge in [-0.05, 0) is 13.0 Å². The molecule has 1 unspecified atom stereocenters. The number of hydrogen-bond donors (Lipinski definition) is 3. The topological polar surface area (TPSA) is 96.7 Å². The molecule has 6 nitrogen and oxygen atoms in total. The minimum atomic E-state index is -0.206. The van der Waals surface area contributed by atoms with Crippen molar-refractivity contribution in [3.8, 4) is 11.8 Å². The van der Waals surface area contributed by atoms with Gasteiger partial charge in [0, 0.05) is 29.7 Å². The summed E-state index contributed by atoms with van der Waals surface area (Å²) in [5, 5.41) is 9.43.